The fourth-order valence-electron chi connectivity index (χ4n) is 6.05. The Morgan fingerprint density at radius 2 is 1.68 bits per heavy atom. The van der Waals surface area contributed by atoms with Crippen molar-refractivity contribution in [1.82, 2.24) is 14.5 Å². The van der Waals surface area contributed by atoms with E-state index < -0.39 is 16.6 Å². The van der Waals surface area contributed by atoms with E-state index in [2.05, 4.69) is 9.82 Å². The minimum absolute atomic E-state index is 0.00879. The molecule has 0 aromatic carbocycles. The second kappa shape index (κ2) is 5.74. The average molecular weight is 373 g/mol. The largest absolute Gasteiger partial charge is 0.333 e. The van der Waals surface area contributed by atoms with E-state index in [0.717, 1.165) is 37.0 Å². The van der Waals surface area contributed by atoms with Crippen LogP contribution in [0.5, 0.6) is 0 Å². The van der Waals surface area contributed by atoms with E-state index in [1.54, 1.807) is 0 Å². The summed E-state index contributed by atoms with van der Waals surface area (Å²) in [6, 6.07) is 0. The molecule has 8 heteroatoms. The third kappa shape index (κ3) is 2.91. The summed E-state index contributed by atoms with van der Waals surface area (Å²) >= 11 is 0. The smallest absolute Gasteiger partial charge is 0.210 e. The van der Waals surface area contributed by atoms with E-state index in [4.69, 9.17) is 0 Å². The van der Waals surface area contributed by atoms with Crippen LogP contribution in [0.2, 0.25) is 0 Å². The van der Waals surface area contributed by atoms with Crippen molar-refractivity contribution in [3.63, 3.8) is 0 Å². The highest BCUT2D eigenvalue weighted by Crippen LogP contribution is 2.59. The Balaban J connectivity index is 1.55. The van der Waals surface area contributed by atoms with Crippen molar-refractivity contribution in [2.45, 2.75) is 63.8 Å². The van der Waals surface area contributed by atoms with Crippen LogP contribution in [0, 0.1) is 37.0 Å². The summed E-state index contributed by atoms with van der Waals surface area (Å²) < 4.78 is 54.8. The molecule has 1 aromatic rings. The molecular weight excluding hydrogens is 348 g/mol. The van der Waals surface area contributed by atoms with E-state index in [-0.39, 0.29) is 21.7 Å². The van der Waals surface area contributed by atoms with Crippen LogP contribution in [0.3, 0.4) is 0 Å². The van der Waals surface area contributed by atoms with E-state index in [1.807, 2.05) is 0 Å². The molecule has 25 heavy (non-hydrogen) atoms. The molecule has 5 rings (SSSR count). The normalized spacial score (nSPS) is 34.2. The fourth-order valence-corrected chi connectivity index (χ4v) is 7.61. The van der Waals surface area contributed by atoms with Crippen LogP contribution >= 0.6 is 0 Å². The van der Waals surface area contributed by atoms with Gasteiger partial charge in [-0.2, -0.15) is 13.9 Å². The molecule has 1 aromatic heterocycles. The van der Waals surface area contributed by atoms with Gasteiger partial charge in [0.05, 0.1) is 11.4 Å². The third-order valence-electron chi connectivity index (χ3n) is 6.51. The molecule has 0 spiro atoms. The predicted molar refractivity (Wildman–Crippen MR) is 88.7 cm³/mol. The Morgan fingerprint density at radius 1 is 1.16 bits per heavy atom. The molecule has 0 radical (unpaired) electrons. The van der Waals surface area contributed by atoms with Crippen LogP contribution in [0.4, 0.5) is 8.78 Å². The molecule has 1 N–H and O–H groups in total. The fraction of sp³-hybridized carbons (Fsp3) is 0.824. The molecule has 0 atom stereocenters. The van der Waals surface area contributed by atoms with Gasteiger partial charge in [-0.05, 0) is 75.5 Å². The van der Waals surface area contributed by atoms with Gasteiger partial charge < -0.3 is 0 Å². The number of aryl methyl sites for hydroxylation is 1. The van der Waals surface area contributed by atoms with Gasteiger partial charge in [0.25, 0.3) is 0 Å². The Morgan fingerprint density at radius 3 is 2.12 bits per heavy atom. The molecule has 0 aliphatic heterocycles. The number of alkyl halides is 2. The number of rotatable bonds is 5. The maximum Gasteiger partial charge on any atom is 0.333 e. The predicted octanol–water partition coefficient (Wildman–Crippen LogP) is 3.39. The number of hydrogen-bond donors (Lipinski definition) is 1. The summed E-state index contributed by atoms with van der Waals surface area (Å²) in [6.45, 7) is 0.416. The van der Waals surface area contributed by atoms with Gasteiger partial charge in [0.15, 0.2) is 0 Å². The van der Waals surface area contributed by atoms with Crippen molar-refractivity contribution in [2.24, 2.45) is 23.2 Å². The number of sulfonamides is 1. The molecule has 0 saturated heterocycles. The van der Waals surface area contributed by atoms with Gasteiger partial charge in [-0.3, -0.25) is 0 Å². The molecule has 4 aliphatic carbocycles. The van der Waals surface area contributed by atoms with Gasteiger partial charge >= 0.3 is 6.55 Å². The van der Waals surface area contributed by atoms with Crippen LogP contribution < -0.4 is 4.72 Å². The molecule has 4 aliphatic rings. The maximum absolute atomic E-state index is 13.0. The summed E-state index contributed by atoms with van der Waals surface area (Å²) in [4.78, 5) is -0.0995. The summed E-state index contributed by atoms with van der Waals surface area (Å²) in [5.41, 5.74) is 0.170. The summed E-state index contributed by atoms with van der Waals surface area (Å²) in [6.07, 6.45) is 7.17. The van der Waals surface area contributed by atoms with Crippen molar-refractivity contribution < 1.29 is 17.2 Å². The number of nitrogens with one attached hydrogen (secondary N) is 1. The summed E-state index contributed by atoms with van der Waals surface area (Å²) in [5, 5.41) is 3.70. The molecule has 4 bridgehead atoms. The lowest BCUT2D eigenvalue weighted by atomic mass is 9.50. The molecule has 1 heterocycles. The first-order valence-electron chi connectivity index (χ1n) is 9.03. The summed E-state index contributed by atoms with van der Waals surface area (Å²) in [7, 11) is -3.84. The molecule has 140 valence electrons. The van der Waals surface area contributed by atoms with Gasteiger partial charge in [0, 0.05) is 6.54 Å². The van der Waals surface area contributed by atoms with Crippen LogP contribution in [-0.2, 0) is 10.0 Å². The molecule has 5 nitrogen and oxygen atoms in total. The highest BCUT2D eigenvalue weighted by Gasteiger charge is 2.51. The molecular formula is C17H25F2N3O2S. The van der Waals surface area contributed by atoms with Gasteiger partial charge in [-0.15, -0.1) is 0 Å². The van der Waals surface area contributed by atoms with Crippen LogP contribution in [-0.4, -0.2) is 24.7 Å². The minimum Gasteiger partial charge on any atom is -0.210 e. The Bertz CT molecular complexity index is 753. The topological polar surface area (TPSA) is 64.0 Å². The lowest BCUT2D eigenvalue weighted by Gasteiger charge is -2.56. The van der Waals surface area contributed by atoms with Crippen molar-refractivity contribution >= 4 is 10.0 Å². The Kier molecular flexibility index (Phi) is 3.99. The quantitative estimate of drug-likeness (QED) is 0.860. The van der Waals surface area contributed by atoms with Crippen LogP contribution in [0.1, 0.15) is 56.5 Å². The number of hydrogen-bond acceptors (Lipinski definition) is 3. The van der Waals surface area contributed by atoms with Crippen molar-refractivity contribution in [1.29, 1.82) is 0 Å². The number of aromatic nitrogens is 2. The number of nitrogens with zero attached hydrogens (tertiary/aromatic N) is 2. The zero-order chi connectivity index (χ0) is 18.0. The first kappa shape index (κ1) is 17.4. The van der Waals surface area contributed by atoms with Gasteiger partial charge in [0.1, 0.15) is 4.90 Å². The minimum atomic E-state index is -3.84. The zero-order valence-electron chi connectivity index (χ0n) is 14.6. The maximum atomic E-state index is 13.0. The average Bonchev–Trinajstić information content (AvgIpc) is 2.80. The standard InChI is InChI=1S/C17H25F2N3O2S/c1-10-15(11(2)22(21-10)16(18)19)25(23,24)20-9-17-6-12-3-13(7-17)5-14(4-12)8-17/h12-14,16,20H,3-9H2,1-2H3. The highest BCUT2D eigenvalue weighted by atomic mass is 32.2. The van der Waals surface area contributed by atoms with Gasteiger partial charge in [-0.1, -0.05) is 0 Å². The third-order valence-corrected chi connectivity index (χ3v) is 8.17. The van der Waals surface area contributed by atoms with E-state index >= 15 is 0 Å². The van der Waals surface area contributed by atoms with Crippen molar-refractivity contribution in [2.75, 3.05) is 6.54 Å². The van der Waals surface area contributed by atoms with Crippen LogP contribution in [0.15, 0.2) is 4.90 Å². The molecule has 4 saturated carbocycles. The lowest BCUT2D eigenvalue weighted by Crippen LogP contribution is -2.51. The zero-order valence-corrected chi connectivity index (χ0v) is 15.5. The monoisotopic (exact) mass is 373 g/mol. The molecule has 0 amide bonds. The summed E-state index contributed by atoms with van der Waals surface area (Å²) in [5.74, 6) is 2.21. The SMILES string of the molecule is Cc1nn(C(F)F)c(C)c1S(=O)(=O)NCC12CC3CC(CC(C3)C1)C2. The van der Waals surface area contributed by atoms with Gasteiger partial charge in [-0.25, -0.2) is 17.8 Å². The van der Waals surface area contributed by atoms with E-state index in [1.165, 1.54) is 33.1 Å². The van der Waals surface area contributed by atoms with Crippen molar-refractivity contribution in [3.05, 3.63) is 11.4 Å². The second-order valence-electron chi connectivity index (χ2n) is 8.46. The first-order valence-corrected chi connectivity index (χ1v) is 10.5. The first-order chi connectivity index (χ1) is 11.7. The Hall–Kier alpha value is -1.02. The second-order valence-corrected chi connectivity index (χ2v) is 10.2. The van der Waals surface area contributed by atoms with Crippen molar-refractivity contribution in [3.8, 4) is 0 Å². The van der Waals surface area contributed by atoms with E-state index in [0.29, 0.717) is 11.2 Å². The molecule has 0 unspecified atom stereocenters. The van der Waals surface area contributed by atoms with Crippen LogP contribution in [0.25, 0.3) is 0 Å². The lowest BCUT2D eigenvalue weighted by molar-refractivity contribution is -0.0487. The Labute approximate surface area is 147 Å². The van der Waals surface area contributed by atoms with E-state index in [9.17, 15) is 17.2 Å². The molecule has 4 fully saturated rings. The highest BCUT2D eigenvalue weighted by molar-refractivity contribution is 7.89. The van der Waals surface area contributed by atoms with Gasteiger partial charge in [0.2, 0.25) is 10.0 Å². The number of halogens is 2.